The molecule has 2 aromatic carbocycles. The third-order valence-electron chi connectivity index (χ3n) is 8.20. The molecule has 0 bridgehead atoms. The van der Waals surface area contributed by atoms with Gasteiger partial charge in [0.2, 0.25) is 0 Å². The standard InChI is InChI=1S/C28H39NO.ClH/c1-20(2)21-11-13-24-22(17-21)12-14-26-27(3,15-8-16-28(24,26)4)19-29-18-23-9-6-7-10-25(23)30-5;/h6-7,9-11,13,17,20,26,29H,8,12,14-16,18-19H2,1-5H3;1H. The van der Waals surface area contributed by atoms with E-state index in [0.29, 0.717) is 16.7 Å². The molecule has 4 rings (SSSR count). The van der Waals surface area contributed by atoms with Gasteiger partial charge in [-0.1, -0.05) is 70.5 Å². The van der Waals surface area contributed by atoms with Crippen molar-refractivity contribution in [2.45, 2.75) is 77.7 Å². The third kappa shape index (κ3) is 4.52. The Morgan fingerprint density at radius 3 is 2.61 bits per heavy atom. The molecule has 2 aliphatic carbocycles. The van der Waals surface area contributed by atoms with Crippen molar-refractivity contribution < 1.29 is 4.74 Å². The Kier molecular flexibility index (Phi) is 7.43. The lowest BCUT2D eigenvalue weighted by Crippen LogP contribution is -2.52. The summed E-state index contributed by atoms with van der Waals surface area (Å²) in [5.74, 6) is 2.33. The Bertz CT molecular complexity index is 894. The van der Waals surface area contributed by atoms with Gasteiger partial charge in [-0.15, -0.1) is 12.4 Å². The molecule has 0 aliphatic heterocycles. The van der Waals surface area contributed by atoms with E-state index in [1.807, 2.05) is 6.07 Å². The highest BCUT2D eigenvalue weighted by molar-refractivity contribution is 5.85. The molecule has 1 N–H and O–H groups in total. The summed E-state index contributed by atoms with van der Waals surface area (Å²) < 4.78 is 5.54. The number of nitrogens with one attached hydrogen (secondary N) is 1. The number of hydrogen-bond donors (Lipinski definition) is 1. The lowest BCUT2D eigenvalue weighted by atomic mass is 9.49. The Balaban J connectivity index is 0.00000272. The molecule has 3 atom stereocenters. The second-order valence-corrected chi connectivity index (χ2v) is 10.5. The van der Waals surface area contributed by atoms with Gasteiger partial charge in [-0.3, -0.25) is 0 Å². The van der Waals surface area contributed by atoms with Gasteiger partial charge in [0.05, 0.1) is 7.11 Å². The molecule has 0 aromatic heterocycles. The fourth-order valence-corrected chi connectivity index (χ4v) is 6.55. The number of ether oxygens (including phenoxy) is 1. The highest BCUT2D eigenvalue weighted by Crippen LogP contribution is 2.57. The van der Waals surface area contributed by atoms with E-state index in [4.69, 9.17) is 4.74 Å². The van der Waals surface area contributed by atoms with Crippen molar-refractivity contribution in [3.63, 3.8) is 0 Å². The largest absolute Gasteiger partial charge is 0.496 e. The molecule has 31 heavy (non-hydrogen) atoms. The first kappa shape index (κ1) is 24.1. The minimum atomic E-state index is 0. The molecule has 2 aliphatic rings. The van der Waals surface area contributed by atoms with Gasteiger partial charge in [-0.25, -0.2) is 0 Å². The average Bonchev–Trinajstić information content (AvgIpc) is 2.73. The molecule has 2 nitrogen and oxygen atoms in total. The van der Waals surface area contributed by atoms with Crippen molar-refractivity contribution in [2.24, 2.45) is 11.3 Å². The molecule has 1 fully saturated rings. The second-order valence-electron chi connectivity index (χ2n) is 10.5. The zero-order chi connectivity index (χ0) is 21.4. The number of hydrogen-bond acceptors (Lipinski definition) is 2. The first-order valence-corrected chi connectivity index (χ1v) is 11.8. The van der Waals surface area contributed by atoms with Crippen LogP contribution in [-0.4, -0.2) is 13.7 Å². The van der Waals surface area contributed by atoms with Crippen LogP contribution in [0.3, 0.4) is 0 Å². The van der Waals surface area contributed by atoms with E-state index in [-0.39, 0.29) is 12.4 Å². The van der Waals surface area contributed by atoms with E-state index in [1.165, 1.54) is 43.2 Å². The highest BCUT2D eigenvalue weighted by Gasteiger charge is 2.51. The molecule has 0 radical (unpaired) electrons. The molecule has 0 heterocycles. The van der Waals surface area contributed by atoms with Crippen LogP contribution >= 0.6 is 12.4 Å². The predicted molar refractivity (Wildman–Crippen MR) is 134 cm³/mol. The van der Waals surface area contributed by atoms with Crippen LogP contribution in [0.2, 0.25) is 0 Å². The zero-order valence-electron chi connectivity index (χ0n) is 20.0. The molecule has 170 valence electrons. The zero-order valence-corrected chi connectivity index (χ0v) is 20.8. The molecule has 0 spiro atoms. The fourth-order valence-electron chi connectivity index (χ4n) is 6.55. The second kappa shape index (κ2) is 9.55. The summed E-state index contributed by atoms with van der Waals surface area (Å²) in [6, 6.07) is 15.7. The van der Waals surface area contributed by atoms with Crippen LogP contribution in [0.25, 0.3) is 0 Å². The number of benzene rings is 2. The topological polar surface area (TPSA) is 21.3 Å². The van der Waals surface area contributed by atoms with E-state index in [1.54, 1.807) is 18.2 Å². The average molecular weight is 442 g/mol. The van der Waals surface area contributed by atoms with Crippen LogP contribution in [0.15, 0.2) is 42.5 Å². The molecular weight excluding hydrogens is 402 g/mol. The number of para-hydroxylation sites is 1. The summed E-state index contributed by atoms with van der Waals surface area (Å²) in [4.78, 5) is 0. The van der Waals surface area contributed by atoms with Crippen LogP contribution in [0.4, 0.5) is 0 Å². The van der Waals surface area contributed by atoms with Crippen molar-refractivity contribution in [2.75, 3.05) is 13.7 Å². The maximum absolute atomic E-state index is 5.54. The number of fused-ring (bicyclic) bond motifs is 3. The Morgan fingerprint density at radius 2 is 1.87 bits per heavy atom. The maximum atomic E-state index is 5.54. The minimum absolute atomic E-state index is 0. The molecule has 1 saturated carbocycles. The van der Waals surface area contributed by atoms with Crippen LogP contribution in [0.5, 0.6) is 5.75 Å². The lowest BCUT2D eigenvalue weighted by molar-refractivity contribution is 0.0256. The number of halogens is 1. The summed E-state index contributed by atoms with van der Waals surface area (Å²) in [6.07, 6.45) is 6.53. The van der Waals surface area contributed by atoms with Crippen LogP contribution in [0.1, 0.15) is 81.5 Å². The molecule has 3 heteroatoms. The third-order valence-corrected chi connectivity index (χ3v) is 8.20. The molecule has 2 aromatic rings. The van der Waals surface area contributed by atoms with Gasteiger partial charge in [-0.05, 0) is 71.1 Å². The van der Waals surface area contributed by atoms with Gasteiger partial charge in [0.25, 0.3) is 0 Å². The summed E-state index contributed by atoms with van der Waals surface area (Å²) >= 11 is 0. The summed E-state index contributed by atoms with van der Waals surface area (Å²) in [5.41, 5.74) is 6.64. The van der Waals surface area contributed by atoms with Gasteiger partial charge in [0, 0.05) is 18.7 Å². The number of rotatable bonds is 6. The van der Waals surface area contributed by atoms with Gasteiger partial charge in [0.15, 0.2) is 0 Å². The first-order valence-electron chi connectivity index (χ1n) is 11.8. The maximum Gasteiger partial charge on any atom is 0.123 e. The summed E-state index contributed by atoms with van der Waals surface area (Å²) in [7, 11) is 1.76. The Morgan fingerprint density at radius 1 is 1.10 bits per heavy atom. The quantitative estimate of drug-likeness (QED) is 0.518. The van der Waals surface area contributed by atoms with Gasteiger partial charge >= 0.3 is 0 Å². The molecule has 3 unspecified atom stereocenters. The Labute approximate surface area is 195 Å². The smallest absolute Gasteiger partial charge is 0.123 e. The molecule has 0 saturated heterocycles. The van der Waals surface area contributed by atoms with Crippen LogP contribution in [0, 0.1) is 11.3 Å². The number of methoxy groups -OCH3 is 1. The van der Waals surface area contributed by atoms with Crippen molar-refractivity contribution in [1.82, 2.24) is 5.32 Å². The first-order chi connectivity index (χ1) is 14.4. The van der Waals surface area contributed by atoms with Crippen LogP contribution in [-0.2, 0) is 18.4 Å². The molecule has 0 amide bonds. The van der Waals surface area contributed by atoms with E-state index in [2.05, 4.69) is 69.4 Å². The summed E-state index contributed by atoms with van der Waals surface area (Å²) in [6.45, 7) is 11.7. The van der Waals surface area contributed by atoms with Gasteiger partial charge in [0.1, 0.15) is 5.75 Å². The van der Waals surface area contributed by atoms with E-state index in [9.17, 15) is 0 Å². The predicted octanol–water partition coefficient (Wildman–Crippen LogP) is 7.04. The lowest BCUT2D eigenvalue weighted by Gasteiger charge is -2.55. The van der Waals surface area contributed by atoms with Crippen molar-refractivity contribution in [3.8, 4) is 5.75 Å². The molecular formula is C28H40ClNO. The normalized spacial score (nSPS) is 27.2. The van der Waals surface area contributed by atoms with E-state index in [0.717, 1.165) is 24.8 Å². The Hall–Kier alpha value is -1.51. The minimum Gasteiger partial charge on any atom is -0.496 e. The summed E-state index contributed by atoms with van der Waals surface area (Å²) in [5, 5.41) is 3.80. The van der Waals surface area contributed by atoms with E-state index < -0.39 is 0 Å². The SMILES string of the molecule is COc1ccccc1CNCC1(C)CCCC2(C)c3ccc(C(C)C)cc3CCC12.Cl. The van der Waals surface area contributed by atoms with Crippen LogP contribution < -0.4 is 10.1 Å². The number of aryl methyl sites for hydroxylation is 1. The monoisotopic (exact) mass is 441 g/mol. The fraction of sp³-hybridized carbons (Fsp3) is 0.571. The highest BCUT2D eigenvalue weighted by atomic mass is 35.5. The van der Waals surface area contributed by atoms with E-state index >= 15 is 0 Å². The van der Waals surface area contributed by atoms with Crippen molar-refractivity contribution >= 4 is 12.4 Å². The van der Waals surface area contributed by atoms with Crippen molar-refractivity contribution in [3.05, 3.63) is 64.7 Å². The van der Waals surface area contributed by atoms with Crippen molar-refractivity contribution in [1.29, 1.82) is 0 Å². The van der Waals surface area contributed by atoms with Gasteiger partial charge in [-0.2, -0.15) is 0 Å². The van der Waals surface area contributed by atoms with Gasteiger partial charge < -0.3 is 10.1 Å².